The minimum absolute atomic E-state index is 1.12. The number of fused-ring (bicyclic) bond motifs is 3. The van der Waals surface area contributed by atoms with Crippen molar-refractivity contribution in [3.05, 3.63) is 200 Å². The van der Waals surface area contributed by atoms with E-state index in [2.05, 4.69) is 215 Å². The zero-order chi connectivity index (χ0) is 35.6. The molecule has 0 fully saturated rings. The van der Waals surface area contributed by atoms with Crippen molar-refractivity contribution in [3.63, 3.8) is 0 Å². The van der Waals surface area contributed by atoms with Gasteiger partial charge >= 0.3 is 0 Å². The van der Waals surface area contributed by atoms with Crippen LogP contribution in [-0.2, 0) is 0 Å². The van der Waals surface area contributed by atoms with Gasteiger partial charge in [0.2, 0.25) is 0 Å². The van der Waals surface area contributed by atoms with Gasteiger partial charge in [0, 0.05) is 70.8 Å². The summed E-state index contributed by atoms with van der Waals surface area (Å²) in [5, 5.41) is 7.60. The first-order chi connectivity index (χ1) is 26.8. The summed E-state index contributed by atoms with van der Waals surface area (Å²) in [6.07, 6.45) is 0. The van der Waals surface area contributed by atoms with Crippen LogP contribution in [0.1, 0.15) is 0 Å². The summed E-state index contributed by atoms with van der Waals surface area (Å²) < 4.78 is 5.06. The molecule has 0 saturated carbocycles. The summed E-state index contributed by atoms with van der Waals surface area (Å²) in [6.45, 7) is 0. The molecule has 0 aliphatic carbocycles. The number of aromatic nitrogens is 1. The van der Waals surface area contributed by atoms with Gasteiger partial charge in [-0.15, -0.1) is 11.3 Å². The largest absolute Gasteiger partial charge is 0.310 e. The Morgan fingerprint density at radius 2 is 0.796 bits per heavy atom. The number of para-hydroxylation sites is 4. The van der Waals surface area contributed by atoms with Gasteiger partial charge in [0.25, 0.3) is 0 Å². The van der Waals surface area contributed by atoms with Gasteiger partial charge in [0.15, 0.2) is 0 Å². The molecule has 0 aliphatic rings. The Morgan fingerprint density at radius 1 is 0.333 bits per heavy atom. The number of anilines is 6. The second-order valence-electron chi connectivity index (χ2n) is 13.8. The molecule has 0 N–H and O–H groups in total. The predicted molar refractivity (Wildman–Crippen MR) is 232 cm³/mol. The van der Waals surface area contributed by atoms with E-state index in [4.69, 9.17) is 0 Å². The first-order valence-corrected chi connectivity index (χ1v) is 19.2. The normalized spacial score (nSPS) is 11.7. The quantitative estimate of drug-likeness (QED) is 0.153. The Morgan fingerprint density at radius 3 is 1.35 bits per heavy atom. The number of nitrogens with zero attached hydrogens (tertiary/aromatic N) is 3. The third kappa shape index (κ3) is 4.88. The van der Waals surface area contributed by atoms with Crippen molar-refractivity contribution in [1.29, 1.82) is 0 Å². The molecule has 54 heavy (non-hydrogen) atoms. The second kappa shape index (κ2) is 12.4. The molecule has 11 aromatic rings. The number of rotatable bonds is 7. The Balaban J connectivity index is 1.19. The summed E-state index contributed by atoms with van der Waals surface area (Å²) in [5.74, 6) is 0. The van der Waals surface area contributed by atoms with Crippen molar-refractivity contribution in [3.8, 4) is 5.69 Å². The molecule has 254 valence electrons. The van der Waals surface area contributed by atoms with Gasteiger partial charge in [-0.1, -0.05) is 109 Å². The number of hydrogen-bond acceptors (Lipinski definition) is 3. The van der Waals surface area contributed by atoms with Gasteiger partial charge < -0.3 is 14.4 Å². The molecule has 2 aromatic heterocycles. The molecule has 0 saturated heterocycles. The summed E-state index contributed by atoms with van der Waals surface area (Å²) in [4.78, 5) is 4.77. The zero-order valence-corrected chi connectivity index (χ0v) is 30.1. The van der Waals surface area contributed by atoms with Crippen LogP contribution < -0.4 is 9.80 Å². The van der Waals surface area contributed by atoms with E-state index in [1.54, 1.807) is 0 Å². The van der Waals surface area contributed by atoms with E-state index >= 15 is 0 Å². The van der Waals surface area contributed by atoms with Crippen LogP contribution in [0.5, 0.6) is 0 Å². The molecule has 0 amide bonds. The van der Waals surface area contributed by atoms with Gasteiger partial charge in [-0.25, -0.2) is 0 Å². The molecule has 0 unspecified atom stereocenters. The van der Waals surface area contributed by atoms with Crippen LogP contribution in [0.2, 0.25) is 0 Å². The Bertz CT molecular complexity index is 3060. The molecule has 2 heterocycles. The molecule has 11 rings (SSSR count). The second-order valence-corrected chi connectivity index (χ2v) is 14.9. The molecule has 0 aliphatic heterocycles. The minimum atomic E-state index is 1.12. The molecular formula is C50H33N3S. The highest BCUT2D eigenvalue weighted by atomic mass is 32.1. The fourth-order valence-corrected chi connectivity index (χ4v) is 9.47. The fraction of sp³-hybridized carbons (Fsp3) is 0. The van der Waals surface area contributed by atoms with Gasteiger partial charge in [0.1, 0.15) is 0 Å². The van der Waals surface area contributed by atoms with Crippen LogP contribution >= 0.6 is 11.3 Å². The lowest BCUT2D eigenvalue weighted by Gasteiger charge is -2.26. The van der Waals surface area contributed by atoms with Crippen LogP contribution in [0.3, 0.4) is 0 Å². The smallest absolute Gasteiger partial charge is 0.0568 e. The number of benzene rings is 9. The van der Waals surface area contributed by atoms with Crippen molar-refractivity contribution in [2.75, 3.05) is 9.80 Å². The fourth-order valence-electron chi connectivity index (χ4n) is 8.33. The summed E-state index contributed by atoms with van der Waals surface area (Å²) in [5.41, 5.74) is 10.2. The molecule has 0 bridgehead atoms. The van der Waals surface area contributed by atoms with Crippen LogP contribution in [0.25, 0.3) is 58.4 Å². The van der Waals surface area contributed by atoms with E-state index in [0.29, 0.717) is 0 Å². The molecule has 0 atom stereocenters. The standard InChI is InChI=1S/C50H33N3S/c1-5-15-36(16-6-1)51(37-17-7-2-8-18-37)41-29-34-25-26-35-30-42(32-46-50(35)49(34)45(31-41)53(46)39-21-11-4-12-22-39)52(38-19-9-3-10-20-38)40-27-28-44-43-23-13-14-24-47(43)54-48(44)33-40/h1-33H. The van der Waals surface area contributed by atoms with E-state index in [-0.39, 0.29) is 0 Å². The Hall–Kier alpha value is -6.88. The van der Waals surface area contributed by atoms with Crippen molar-refractivity contribution in [2.24, 2.45) is 0 Å². The van der Waals surface area contributed by atoms with Crippen molar-refractivity contribution < 1.29 is 0 Å². The van der Waals surface area contributed by atoms with Crippen LogP contribution in [0.15, 0.2) is 200 Å². The highest BCUT2D eigenvalue weighted by molar-refractivity contribution is 7.25. The van der Waals surface area contributed by atoms with Crippen LogP contribution in [0, 0.1) is 0 Å². The SMILES string of the molecule is c1ccc(N(c2ccccc2)c2cc3ccc4cc(N(c5ccccc5)c5ccc6c(c5)sc5ccccc56)cc5c4c3c(c2)n5-c2ccccc2)cc1. The van der Waals surface area contributed by atoms with E-state index in [9.17, 15) is 0 Å². The molecule has 9 aromatic carbocycles. The average Bonchev–Trinajstić information content (AvgIpc) is 3.77. The van der Waals surface area contributed by atoms with E-state index in [1.165, 1.54) is 52.8 Å². The molecular weight excluding hydrogens is 675 g/mol. The maximum atomic E-state index is 2.46. The van der Waals surface area contributed by atoms with E-state index in [0.717, 1.165) is 39.8 Å². The first kappa shape index (κ1) is 30.7. The third-order valence-electron chi connectivity index (χ3n) is 10.6. The summed E-state index contributed by atoms with van der Waals surface area (Å²) in [7, 11) is 0. The summed E-state index contributed by atoms with van der Waals surface area (Å²) >= 11 is 1.86. The highest BCUT2D eigenvalue weighted by Gasteiger charge is 2.23. The maximum absolute atomic E-state index is 2.46. The third-order valence-corrected chi connectivity index (χ3v) is 11.8. The van der Waals surface area contributed by atoms with Gasteiger partial charge in [-0.3, -0.25) is 0 Å². The number of thiophene rings is 1. The van der Waals surface area contributed by atoms with Gasteiger partial charge in [-0.2, -0.15) is 0 Å². The highest BCUT2D eigenvalue weighted by Crippen LogP contribution is 2.47. The topological polar surface area (TPSA) is 11.4 Å². The average molecular weight is 708 g/mol. The lowest BCUT2D eigenvalue weighted by atomic mass is 10.00. The minimum Gasteiger partial charge on any atom is -0.310 e. The lowest BCUT2D eigenvalue weighted by molar-refractivity contribution is 1.17. The summed E-state index contributed by atoms with van der Waals surface area (Å²) in [6, 6.07) is 72.6. The predicted octanol–water partition coefficient (Wildman–Crippen LogP) is 14.7. The van der Waals surface area contributed by atoms with Crippen LogP contribution in [0.4, 0.5) is 34.1 Å². The van der Waals surface area contributed by atoms with Gasteiger partial charge in [-0.05, 0) is 102 Å². The van der Waals surface area contributed by atoms with Gasteiger partial charge in [0.05, 0.1) is 11.0 Å². The number of hydrogen-bond donors (Lipinski definition) is 0. The molecule has 4 heteroatoms. The van der Waals surface area contributed by atoms with Crippen molar-refractivity contribution >= 4 is 98.2 Å². The van der Waals surface area contributed by atoms with E-state index in [1.807, 2.05) is 11.3 Å². The molecule has 0 spiro atoms. The van der Waals surface area contributed by atoms with E-state index < -0.39 is 0 Å². The maximum Gasteiger partial charge on any atom is 0.0568 e. The van der Waals surface area contributed by atoms with Crippen molar-refractivity contribution in [2.45, 2.75) is 0 Å². The first-order valence-electron chi connectivity index (χ1n) is 18.3. The van der Waals surface area contributed by atoms with Crippen molar-refractivity contribution in [1.82, 2.24) is 4.57 Å². The lowest BCUT2D eigenvalue weighted by Crippen LogP contribution is -2.10. The Labute approximate surface area is 317 Å². The zero-order valence-electron chi connectivity index (χ0n) is 29.3. The molecule has 0 radical (unpaired) electrons. The monoisotopic (exact) mass is 707 g/mol. The van der Waals surface area contributed by atoms with Crippen LogP contribution in [-0.4, -0.2) is 4.57 Å². The Kier molecular flexibility index (Phi) is 7.04. The molecule has 3 nitrogen and oxygen atoms in total.